The second-order valence-corrected chi connectivity index (χ2v) is 7.20. The standard InChI is InChI=1S/C20H29N3O4/c1-26-18-5-3-2-4-16(18)13-22-20(25)19(24)21-12-15-6-9-23(10-7-15)17-8-11-27-14-17/h2-5,15,17H,6-14H2,1H3,(H,21,24)(H,22,25)/t17-/m0/s1. The van der Waals surface area contributed by atoms with E-state index in [0.717, 1.165) is 51.1 Å². The van der Waals surface area contributed by atoms with Crippen molar-refractivity contribution in [2.45, 2.75) is 31.8 Å². The number of piperidine rings is 1. The van der Waals surface area contributed by atoms with Gasteiger partial charge < -0.3 is 20.1 Å². The Morgan fingerprint density at radius 2 is 1.89 bits per heavy atom. The van der Waals surface area contributed by atoms with Crippen LogP contribution in [0, 0.1) is 5.92 Å². The van der Waals surface area contributed by atoms with Gasteiger partial charge >= 0.3 is 11.8 Å². The van der Waals surface area contributed by atoms with Crippen LogP contribution in [-0.2, 0) is 20.9 Å². The molecule has 27 heavy (non-hydrogen) atoms. The van der Waals surface area contributed by atoms with E-state index in [-0.39, 0.29) is 6.54 Å². The van der Waals surface area contributed by atoms with E-state index in [1.165, 1.54) is 0 Å². The second-order valence-electron chi connectivity index (χ2n) is 7.20. The third-order valence-electron chi connectivity index (χ3n) is 5.46. The van der Waals surface area contributed by atoms with Crippen LogP contribution in [0.1, 0.15) is 24.8 Å². The maximum atomic E-state index is 12.1. The van der Waals surface area contributed by atoms with Crippen molar-refractivity contribution in [3.05, 3.63) is 29.8 Å². The first-order valence-corrected chi connectivity index (χ1v) is 9.67. The van der Waals surface area contributed by atoms with Gasteiger partial charge in [-0.3, -0.25) is 14.5 Å². The summed E-state index contributed by atoms with van der Waals surface area (Å²) in [6, 6.07) is 7.98. The van der Waals surface area contributed by atoms with Gasteiger partial charge in [-0.25, -0.2) is 0 Å². The van der Waals surface area contributed by atoms with E-state index in [4.69, 9.17) is 9.47 Å². The van der Waals surface area contributed by atoms with Crippen LogP contribution >= 0.6 is 0 Å². The molecule has 7 heteroatoms. The van der Waals surface area contributed by atoms with Crippen LogP contribution in [-0.4, -0.2) is 62.7 Å². The summed E-state index contributed by atoms with van der Waals surface area (Å²) in [4.78, 5) is 26.6. The van der Waals surface area contributed by atoms with E-state index in [1.54, 1.807) is 7.11 Å². The highest BCUT2D eigenvalue weighted by molar-refractivity contribution is 6.35. The number of para-hydroxylation sites is 1. The molecule has 3 rings (SSSR count). The molecule has 2 fully saturated rings. The first-order chi connectivity index (χ1) is 13.2. The number of ether oxygens (including phenoxy) is 2. The van der Waals surface area contributed by atoms with E-state index < -0.39 is 11.8 Å². The normalized spacial score (nSPS) is 21.0. The minimum Gasteiger partial charge on any atom is -0.496 e. The van der Waals surface area contributed by atoms with Crippen LogP contribution < -0.4 is 15.4 Å². The second kappa shape index (κ2) is 9.71. The van der Waals surface area contributed by atoms with Crippen LogP contribution in [0.25, 0.3) is 0 Å². The fraction of sp³-hybridized carbons (Fsp3) is 0.600. The summed E-state index contributed by atoms with van der Waals surface area (Å²) in [6.07, 6.45) is 3.20. The Hall–Kier alpha value is -2.12. The zero-order valence-electron chi connectivity index (χ0n) is 15.9. The molecule has 0 spiro atoms. The molecule has 2 aliphatic heterocycles. The third kappa shape index (κ3) is 5.43. The van der Waals surface area contributed by atoms with Crippen molar-refractivity contribution in [3.63, 3.8) is 0 Å². The number of likely N-dealkylation sites (tertiary alicyclic amines) is 1. The third-order valence-corrected chi connectivity index (χ3v) is 5.46. The Morgan fingerprint density at radius 3 is 2.59 bits per heavy atom. The Balaban J connectivity index is 1.36. The molecule has 0 saturated carbocycles. The smallest absolute Gasteiger partial charge is 0.309 e. The Morgan fingerprint density at radius 1 is 1.15 bits per heavy atom. The highest BCUT2D eigenvalue weighted by Crippen LogP contribution is 2.22. The van der Waals surface area contributed by atoms with Gasteiger partial charge in [-0.1, -0.05) is 18.2 Å². The molecular weight excluding hydrogens is 346 g/mol. The molecule has 148 valence electrons. The average molecular weight is 375 g/mol. The van der Waals surface area contributed by atoms with Gasteiger partial charge in [0.2, 0.25) is 0 Å². The summed E-state index contributed by atoms with van der Waals surface area (Å²) in [5.74, 6) is -0.0647. The average Bonchev–Trinajstić information content (AvgIpc) is 3.25. The van der Waals surface area contributed by atoms with Crippen molar-refractivity contribution in [3.8, 4) is 5.75 Å². The number of hydrogen-bond donors (Lipinski definition) is 2. The molecule has 2 saturated heterocycles. The SMILES string of the molecule is COc1ccccc1CNC(=O)C(=O)NCC1CCN([C@H]2CCOC2)CC1. The Labute approximate surface area is 160 Å². The minimum atomic E-state index is -0.610. The molecule has 7 nitrogen and oxygen atoms in total. The van der Waals surface area contributed by atoms with Crippen LogP contribution in [0.4, 0.5) is 0 Å². The molecule has 1 aromatic carbocycles. The fourth-order valence-corrected chi connectivity index (χ4v) is 3.75. The predicted octanol–water partition coefficient (Wildman–Crippen LogP) is 0.929. The summed E-state index contributed by atoms with van der Waals surface area (Å²) >= 11 is 0. The lowest BCUT2D eigenvalue weighted by molar-refractivity contribution is -0.139. The van der Waals surface area contributed by atoms with Gasteiger partial charge in [0.1, 0.15) is 5.75 Å². The fourth-order valence-electron chi connectivity index (χ4n) is 3.75. The monoisotopic (exact) mass is 375 g/mol. The summed E-state index contributed by atoms with van der Waals surface area (Å²) in [7, 11) is 1.58. The lowest BCUT2D eigenvalue weighted by atomic mass is 9.95. The highest BCUT2D eigenvalue weighted by Gasteiger charge is 2.28. The molecular formula is C20H29N3O4. The molecule has 2 heterocycles. The van der Waals surface area contributed by atoms with Gasteiger partial charge in [-0.05, 0) is 44.3 Å². The zero-order chi connectivity index (χ0) is 19.1. The minimum absolute atomic E-state index is 0.262. The number of methoxy groups -OCH3 is 1. The Kier molecular flexibility index (Phi) is 7.06. The van der Waals surface area contributed by atoms with E-state index in [1.807, 2.05) is 24.3 Å². The molecule has 1 atom stereocenters. The molecule has 2 aliphatic rings. The lowest BCUT2D eigenvalue weighted by Gasteiger charge is -2.35. The number of hydrogen-bond acceptors (Lipinski definition) is 5. The first kappa shape index (κ1) is 19.6. The molecule has 0 bridgehead atoms. The summed E-state index contributed by atoms with van der Waals surface area (Å²) in [6.45, 7) is 4.59. The van der Waals surface area contributed by atoms with Crippen LogP contribution in [0.2, 0.25) is 0 Å². The predicted molar refractivity (Wildman–Crippen MR) is 101 cm³/mol. The maximum Gasteiger partial charge on any atom is 0.309 e. The number of rotatable bonds is 6. The van der Waals surface area contributed by atoms with Gasteiger partial charge in [0.05, 0.1) is 13.7 Å². The molecule has 0 radical (unpaired) electrons. The van der Waals surface area contributed by atoms with Crippen molar-refractivity contribution in [1.82, 2.24) is 15.5 Å². The summed E-state index contributed by atoms with van der Waals surface area (Å²) in [5.41, 5.74) is 0.837. The van der Waals surface area contributed by atoms with Gasteiger partial charge in [0.25, 0.3) is 0 Å². The molecule has 0 unspecified atom stereocenters. The topological polar surface area (TPSA) is 79.9 Å². The van der Waals surface area contributed by atoms with Gasteiger partial charge in [-0.15, -0.1) is 0 Å². The van der Waals surface area contributed by atoms with Crippen molar-refractivity contribution in [2.75, 3.05) is 40.0 Å². The number of nitrogens with one attached hydrogen (secondary N) is 2. The highest BCUT2D eigenvalue weighted by atomic mass is 16.5. The van der Waals surface area contributed by atoms with Crippen LogP contribution in [0.5, 0.6) is 5.75 Å². The first-order valence-electron chi connectivity index (χ1n) is 9.67. The maximum absolute atomic E-state index is 12.1. The van der Waals surface area contributed by atoms with Gasteiger partial charge in [-0.2, -0.15) is 0 Å². The summed E-state index contributed by atoms with van der Waals surface area (Å²) < 4.78 is 10.7. The van der Waals surface area contributed by atoms with Gasteiger partial charge in [0.15, 0.2) is 0 Å². The van der Waals surface area contributed by atoms with Gasteiger partial charge in [0, 0.05) is 31.3 Å². The summed E-state index contributed by atoms with van der Waals surface area (Å²) in [5, 5.41) is 5.43. The molecule has 0 aliphatic carbocycles. The van der Waals surface area contributed by atoms with E-state index in [9.17, 15) is 9.59 Å². The molecule has 1 aromatic rings. The number of benzene rings is 1. The van der Waals surface area contributed by atoms with Crippen molar-refractivity contribution in [2.24, 2.45) is 5.92 Å². The van der Waals surface area contributed by atoms with E-state index in [0.29, 0.717) is 24.3 Å². The Bertz CT molecular complexity index is 638. The largest absolute Gasteiger partial charge is 0.496 e. The van der Waals surface area contributed by atoms with Crippen molar-refractivity contribution >= 4 is 11.8 Å². The number of carbonyl (C=O) groups is 2. The van der Waals surface area contributed by atoms with E-state index in [2.05, 4.69) is 15.5 Å². The lowest BCUT2D eigenvalue weighted by Crippen LogP contribution is -2.45. The van der Waals surface area contributed by atoms with Crippen LogP contribution in [0.3, 0.4) is 0 Å². The molecule has 2 N–H and O–H groups in total. The number of carbonyl (C=O) groups excluding carboxylic acids is 2. The number of nitrogens with zero attached hydrogens (tertiary/aromatic N) is 1. The van der Waals surface area contributed by atoms with Crippen molar-refractivity contribution in [1.29, 1.82) is 0 Å². The number of amides is 2. The van der Waals surface area contributed by atoms with E-state index >= 15 is 0 Å². The molecule has 0 aromatic heterocycles. The van der Waals surface area contributed by atoms with Crippen molar-refractivity contribution < 1.29 is 19.1 Å². The van der Waals surface area contributed by atoms with Crippen LogP contribution in [0.15, 0.2) is 24.3 Å². The zero-order valence-corrected chi connectivity index (χ0v) is 15.9. The molecule has 2 amide bonds. The quantitative estimate of drug-likeness (QED) is 0.723.